The van der Waals surface area contributed by atoms with Gasteiger partial charge in [0.2, 0.25) is 0 Å². The SMILES string of the molecule is CC(C)N(C)CCNCc1ccnc(C#N)c1. The van der Waals surface area contributed by atoms with E-state index in [0.29, 0.717) is 11.7 Å². The van der Waals surface area contributed by atoms with Gasteiger partial charge in [0, 0.05) is 31.9 Å². The highest BCUT2D eigenvalue weighted by molar-refractivity contribution is 5.25. The number of nitrogens with zero attached hydrogens (tertiary/aromatic N) is 3. The van der Waals surface area contributed by atoms with Crippen LogP contribution in [0.3, 0.4) is 0 Å². The average Bonchev–Trinajstić information content (AvgIpc) is 2.34. The summed E-state index contributed by atoms with van der Waals surface area (Å²) in [6.07, 6.45) is 1.68. The third-order valence-corrected chi connectivity index (χ3v) is 2.79. The molecule has 0 saturated carbocycles. The molecule has 92 valence electrons. The van der Waals surface area contributed by atoms with Crippen LogP contribution in [-0.4, -0.2) is 36.1 Å². The Hall–Kier alpha value is -1.44. The predicted molar refractivity (Wildman–Crippen MR) is 68.4 cm³/mol. The van der Waals surface area contributed by atoms with Crippen LogP contribution in [0.15, 0.2) is 18.3 Å². The second-order valence-electron chi connectivity index (χ2n) is 4.41. The van der Waals surface area contributed by atoms with Crippen molar-refractivity contribution >= 4 is 0 Å². The molecular formula is C13H20N4. The largest absolute Gasteiger partial charge is 0.311 e. The molecule has 0 amide bonds. The number of pyridine rings is 1. The minimum Gasteiger partial charge on any atom is -0.311 e. The Morgan fingerprint density at radius 3 is 2.94 bits per heavy atom. The smallest absolute Gasteiger partial charge is 0.140 e. The molecule has 4 heteroatoms. The van der Waals surface area contributed by atoms with Gasteiger partial charge in [-0.15, -0.1) is 0 Å². The van der Waals surface area contributed by atoms with Crippen molar-refractivity contribution in [1.82, 2.24) is 15.2 Å². The van der Waals surface area contributed by atoms with Crippen LogP contribution < -0.4 is 5.32 Å². The zero-order valence-electron chi connectivity index (χ0n) is 10.8. The van der Waals surface area contributed by atoms with Crippen LogP contribution in [0.1, 0.15) is 25.1 Å². The van der Waals surface area contributed by atoms with Gasteiger partial charge in [0.25, 0.3) is 0 Å². The number of hydrogen-bond donors (Lipinski definition) is 1. The second-order valence-corrected chi connectivity index (χ2v) is 4.41. The van der Waals surface area contributed by atoms with Crippen LogP contribution in [0.4, 0.5) is 0 Å². The molecule has 17 heavy (non-hydrogen) atoms. The van der Waals surface area contributed by atoms with Crippen LogP contribution in [-0.2, 0) is 6.54 Å². The highest BCUT2D eigenvalue weighted by Gasteiger charge is 2.01. The number of nitriles is 1. The van der Waals surface area contributed by atoms with E-state index in [2.05, 4.69) is 36.1 Å². The summed E-state index contributed by atoms with van der Waals surface area (Å²) in [4.78, 5) is 6.23. The molecule has 0 aromatic carbocycles. The minimum atomic E-state index is 0.476. The lowest BCUT2D eigenvalue weighted by Crippen LogP contribution is -2.33. The fraction of sp³-hybridized carbons (Fsp3) is 0.538. The van der Waals surface area contributed by atoms with Gasteiger partial charge >= 0.3 is 0 Å². The zero-order chi connectivity index (χ0) is 12.7. The van der Waals surface area contributed by atoms with Crippen molar-refractivity contribution in [3.8, 4) is 6.07 Å². The molecule has 0 aliphatic carbocycles. The lowest BCUT2D eigenvalue weighted by atomic mass is 10.2. The molecule has 0 spiro atoms. The number of nitrogens with one attached hydrogen (secondary N) is 1. The molecule has 0 aliphatic rings. The number of hydrogen-bond acceptors (Lipinski definition) is 4. The molecule has 1 aromatic rings. The van der Waals surface area contributed by atoms with Crippen LogP contribution >= 0.6 is 0 Å². The minimum absolute atomic E-state index is 0.476. The number of likely N-dealkylation sites (N-methyl/N-ethyl adjacent to an activating group) is 1. The summed E-state index contributed by atoms with van der Waals surface area (Å²) in [7, 11) is 2.12. The summed E-state index contributed by atoms with van der Waals surface area (Å²) in [6.45, 7) is 7.11. The third kappa shape index (κ3) is 4.94. The van der Waals surface area contributed by atoms with Crippen molar-refractivity contribution in [2.45, 2.75) is 26.4 Å². The molecule has 4 nitrogen and oxygen atoms in total. The summed E-state index contributed by atoms with van der Waals surface area (Å²) in [5.74, 6) is 0. The molecule has 1 N–H and O–H groups in total. The molecule has 1 heterocycles. The highest BCUT2D eigenvalue weighted by Crippen LogP contribution is 2.00. The number of rotatable bonds is 6. The van der Waals surface area contributed by atoms with Gasteiger partial charge in [-0.1, -0.05) is 0 Å². The monoisotopic (exact) mass is 232 g/mol. The number of aromatic nitrogens is 1. The van der Waals surface area contributed by atoms with Gasteiger partial charge in [-0.2, -0.15) is 5.26 Å². The van der Waals surface area contributed by atoms with E-state index < -0.39 is 0 Å². The first-order valence-electron chi connectivity index (χ1n) is 5.89. The maximum atomic E-state index is 8.73. The highest BCUT2D eigenvalue weighted by atomic mass is 15.1. The maximum Gasteiger partial charge on any atom is 0.140 e. The Balaban J connectivity index is 2.29. The van der Waals surface area contributed by atoms with Gasteiger partial charge in [0.05, 0.1) is 0 Å². The van der Waals surface area contributed by atoms with Gasteiger partial charge in [0.15, 0.2) is 0 Å². The molecule has 1 aromatic heterocycles. The van der Waals surface area contributed by atoms with E-state index in [-0.39, 0.29) is 0 Å². The first kappa shape index (κ1) is 13.6. The Morgan fingerprint density at radius 2 is 2.29 bits per heavy atom. The van der Waals surface area contributed by atoms with Crippen molar-refractivity contribution in [2.24, 2.45) is 0 Å². The van der Waals surface area contributed by atoms with Crippen molar-refractivity contribution in [3.63, 3.8) is 0 Å². The Labute approximate surface area is 103 Å². The lowest BCUT2D eigenvalue weighted by molar-refractivity contribution is 0.273. The Morgan fingerprint density at radius 1 is 1.53 bits per heavy atom. The first-order valence-corrected chi connectivity index (χ1v) is 5.89. The molecule has 0 bridgehead atoms. The quantitative estimate of drug-likeness (QED) is 0.753. The molecule has 0 atom stereocenters. The fourth-order valence-electron chi connectivity index (χ4n) is 1.39. The molecular weight excluding hydrogens is 212 g/mol. The Bertz CT molecular complexity index is 381. The lowest BCUT2D eigenvalue weighted by Gasteiger charge is -2.20. The standard InChI is InChI=1S/C13H20N4/c1-11(2)17(3)7-6-15-10-12-4-5-16-13(8-12)9-14/h4-5,8,11,15H,6-7,10H2,1-3H3. The Kier molecular flexibility index (Phi) is 5.61. The van der Waals surface area contributed by atoms with Crippen LogP contribution in [0.2, 0.25) is 0 Å². The summed E-state index contributed by atoms with van der Waals surface area (Å²) in [5, 5.41) is 12.1. The summed E-state index contributed by atoms with van der Waals surface area (Å²) in [5.41, 5.74) is 1.58. The summed E-state index contributed by atoms with van der Waals surface area (Å²) >= 11 is 0. The molecule has 0 radical (unpaired) electrons. The van der Waals surface area contributed by atoms with Crippen LogP contribution in [0, 0.1) is 11.3 Å². The van der Waals surface area contributed by atoms with Crippen molar-refractivity contribution in [3.05, 3.63) is 29.6 Å². The van der Waals surface area contributed by atoms with E-state index in [0.717, 1.165) is 25.2 Å². The van der Waals surface area contributed by atoms with Crippen LogP contribution in [0.25, 0.3) is 0 Å². The van der Waals surface area contributed by atoms with Gasteiger partial charge in [-0.3, -0.25) is 0 Å². The van der Waals surface area contributed by atoms with Gasteiger partial charge in [-0.05, 0) is 38.6 Å². The predicted octanol–water partition coefficient (Wildman–Crippen LogP) is 1.38. The van der Waals surface area contributed by atoms with Crippen molar-refractivity contribution in [2.75, 3.05) is 20.1 Å². The molecule has 0 aliphatic heterocycles. The van der Waals surface area contributed by atoms with Gasteiger partial charge < -0.3 is 10.2 Å². The molecule has 0 fully saturated rings. The fourth-order valence-corrected chi connectivity index (χ4v) is 1.39. The van der Waals surface area contributed by atoms with E-state index in [1.807, 2.05) is 18.2 Å². The molecule has 0 unspecified atom stereocenters. The topological polar surface area (TPSA) is 52.0 Å². The van der Waals surface area contributed by atoms with Crippen molar-refractivity contribution in [1.29, 1.82) is 5.26 Å². The van der Waals surface area contributed by atoms with Gasteiger partial charge in [-0.25, -0.2) is 4.98 Å². The first-order chi connectivity index (χ1) is 8.13. The average molecular weight is 232 g/mol. The third-order valence-electron chi connectivity index (χ3n) is 2.79. The van der Waals surface area contributed by atoms with Crippen molar-refractivity contribution < 1.29 is 0 Å². The summed E-state index contributed by atoms with van der Waals surface area (Å²) in [6, 6.07) is 6.37. The molecule has 1 rings (SSSR count). The summed E-state index contributed by atoms with van der Waals surface area (Å²) < 4.78 is 0. The molecule has 0 saturated heterocycles. The van der Waals surface area contributed by atoms with E-state index in [1.54, 1.807) is 6.20 Å². The van der Waals surface area contributed by atoms with Crippen LogP contribution in [0.5, 0.6) is 0 Å². The second kappa shape index (κ2) is 7.00. The van der Waals surface area contributed by atoms with E-state index in [4.69, 9.17) is 5.26 Å². The van der Waals surface area contributed by atoms with E-state index in [1.165, 1.54) is 0 Å². The van der Waals surface area contributed by atoms with E-state index >= 15 is 0 Å². The normalized spacial score (nSPS) is 10.8. The zero-order valence-corrected chi connectivity index (χ0v) is 10.8. The maximum absolute atomic E-state index is 8.73. The van der Waals surface area contributed by atoms with Gasteiger partial charge in [0.1, 0.15) is 11.8 Å². The van der Waals surface area contributed by atoms with E-state index in [9.17, 15) is 0 Å².